The molecule has 0 N–H and O–H groups in total. The summed E-state index contributed by atoms with van der Waals surface area (Å²) in [5.41, 5.74) is 5.47. The van der Waals surface area contributed by atoms with Gasteiger partial charge < -0.3 is 9.80 Å². The Bertz CT molecular complexity index is 1500. The molecule has 0 amide bonds. The number of aromatic nitrogens is 3. The van der Waals surface area contributed by atoms with Crippen LogP contribution in [-0.2, 0) is 7.05 Å². The second kappa shape index (κ2) is 6.87. The van der Waals surface area contributed by atoms with Gasteiger partial charge in [-0.2, -0.15) is 13.3 Å². The highest BCUT2D eigenvalue weighted by atomic mass is 32.1. The zero-order valence-corrected chi connectivity index (χ0v) is 19.0. The minimum absolute atomic E-state index is 0.949. The van der Waals surface area contributed by atoms with Crippen molar-refractivity contribution in [3.05, 3.63) is 71.5 Å². The Morgan fingerprint density at radius 1 is 0.935 bits per heavy atom. The van der Waals surface area contributed by atoms with Crippen LogP contribution >= 0.6 is 23.1 Å². The fraction of sp³-hybridized carbons (Fsp3) is 0.125. The first kappa shape index (κ1) is 18.5. The highest BCUT2D eigenvalue weighted by Gasteiger charge is 2.27. The van der Waals surface area contributed by atoms with Gasteiger partial charge in [0.1, 0.15) is 28.6 Å². The first-order valence-corrected chi connectivity index (χ1v) is 11.6. The third kappa shape index (κ3) is 2.77. The Morgan fingerprint density at radius 3 is 2.39 bits per heavy atom. The molecule has 6 rings (SSSR count). The van der Waals surface area contributed by atoms with Gasteiger partial charge in [-0.1, -0.05) is 41.7 Å². The molecule has 0 saturated heterocycles. The molecule has 1 aliphatic rings. The summed E-state index contributed by atoms with van der Waals surface area (Å²) in [6.07, 6.45) is 6.49. The molecular formula is C24H20N5S2+. The molecule has 5 aromatic rings. The summed E-state index contributed by atoms with van der Waals surface area (Å²) in [4.78, 5) is 4.41. The number of rotatable bonds is 2. The SMILES string of the molecule is CN1C(=CC=Cc2sc3c4ccccc4ccc3[n+]2C)N(C)c2cc3nsnc3cc21. The predicted molar refractivity (Wildman–Crippen MR) is 132 cm³/mol. The van der Waals surface area contributed by atoms with E-state index in [1.165, 1.54) is 37.7 Å². The lowest BCUT2D eigenvalue weighted by Crippen LogP contribution is -2.28. The first-order chi connectivity index (χ1) is 15.1. The monoisotopic (exact) mass is 442 g/mol. The van der Waals surface area contributed by atoms with Gasteiger partial charge in [0.25, 0.3) is 5.01 Å². The minimum atomic E-state index is 0.949. The van der Waals surface area contributed by atoms with Gasteiger partial charge >= 0.3 is 0 Å². The molecule has 0 bridgehead atoms. The molecule has 3 aromatic carbocycles. The summed E-state index contributed by atoms with van der Waals surface area (Å²) in [5.74, 6) is 1.12. The van der Waals surface area contributed by atoms with Gasteiger partial charge in [0, 0.05) is 31.6 Å². The number of hydrogen-bond acceptors (Lipinski definition) is 6. The van der Waals surface area contributed by atoms with Crippen LogP contribution in [0.3, 0.4) is 0 Å². The van der Waals surface area contributed by atoms with Gasteiger partial charge in [-0.15, -0.1) is 0 Å². The molecule has 0 aliphatic carbocycles. The van der Waals surface area contributed by atoms with Crippen LogP contribution in [0.5, 0.6) is 0 Å². The van der Waals surface area contributed by atoms with Crippen molar-refractivity contribution in [3.8, 4) is 0 Å². The molecule has 0 unspecified atom stereocenters. The first-order valence-electron chi connectivity index (χ1n) is 10.0. The van der Waals surface area contributed by atoms with Crippen LogP contribution in [0.25, 0.3) is 38.1 Å². The Labute approximate surface area is 188 Å². The standard InChI is InChI=1S/C24H20N5S2/c1-27-20-13-17-18(26-31-25-17)14-21(20)28(2)22(27)9-6-10-23-29(3)19-12-11-15-7-4-5-8-16(15)24(19)30-23/h4-14H,1-3H3/q+1. The maximum atomic E-state index is 4.39. The second-order valence-corrected chi connectivity index (χ2v) is 9.29. The van der Waals surface area contributed by atoms with Crippen molar-refractivity contribution >= 4 is 72.5 Å². The van der Waals surface area contributed by atoms with Crippen LogP contribution < -0.4 is 14.4 Å². The zero-order chi connectivity index (χ0) is 21.1. The summed E-state index contributed by atoms with van der Waals surface area (Å²) in [6.45, 7) is 0. The second-order valence-electron chi connectivity index (χ2n) is 7.73. The fourth-order valence-corrected chi connectivity index (χ4v) is 6.00. The van der Waals surface area contributed by atoms with E-state index >= 15 is 0 Å². The van der Waals surface area contributed by atoms with Crippen LogP contribution in [0.2, 0.25) is 0 Å². The van der Waals surface area contributed by atoms with E-state index < -0.39 is 0 Å². The topological polar surface area (TPSA) is 36.1 Å². The fourth-order valence-electron chi connectivity index (χ4n) is 4.30. The number of nitrogens with zero attached hydrogens (tertiary/aromatic N) is 5. The number of allylic oxidation sites excluding steroid dienone is 2. The molecule has 31 heavy (non-hydrogen) atoms. The zero-order valence-electron chi connectivity index (χ0n) is 17.4. The molecule has 7 heteroatoms. The van der Waals surface area contributed by atoms with E-state index in [4.69, 9.17) is 0 Å². The number of thiazole rings is 1. The van der Waals surface area contributed by atoms with Crippen molar-refractivity contribution in [1.29, 1.82) is 0 Å². The lowest BCUT2D eigenvalue weighted by molar-refractivity contribution is -0.642. The van der Waals surface area contributed by atoms with Crippen LogP contribution in [0, 0.1) is 0 Å². The van der Waals surface area contributed by atoms with E-state index in [0.717, 1.165) is 28.2 Å². The Morgan fingerprint density at radius 2 is 1.65 bits per heavy atom. The van der Waals surface area contributed by atoms with Gasteiger partial charge in [-0.25, -0.2) is 0 Å². The molecule has 2 aromatic heterocycles. The van der Waals surface area contributed by atoms with E-state index in [-0.39, 0.29) is 0 Å². The van der Waals surface area contributed by atoms with Crippen LogP contribution in [0.15, 0.2) is 66.5 Å². The van der Waals surface area contributed by atoms with E-state index in [0.29, 0.717) is 0 Å². The normalized spacial score (nSPS) is 14.0. The smallest absolute Gasteiger partial charge is 0.262 e. The van der Waals surface area contributed by atoms with Crippen LogP contribution in [-0.4, -0.2) is 22.8 Å². The van der Waals surface area contributed by atoms with Gasteiger partial charge in [-0.05, 0) is 29.7 Å². The van der Waals surface area contributed by atoms with E-state index in [1.807, 2.05) is 11.3 Å². The van der Waals surface area contributed by atoms with Crippen molar-refractivity contribution < 1.29 is 4.57 Å². The number of aryl methyl sites for hydroxylation is 1. The average Bonchev–Trinajstić information content (AvgIpc) is 3.44. The quantitative estimate of drug-likeness (QED) is 0.347. The average molecular weight is 443 g/mol. The highest BCUT2D eigenvalue weighted by Crippen LogP contribution is 2.41. The van der Waals surface area contributed by atoms with E-state index in [1.54, 1.807) is 0 Å². The third-order valence-electron chi connectivity index (χ3n) is 6.00. The molecule has 3 heterocycles. The van der Waals surface area contributed by atoms with E-state index in [9.17, 15) is 0 Å². The van der Waals surface area contributed by atoms with Crippen LogP contribution in [0.1, 0.15) is 5.01 Å². The molecule has 152 valence electrons. The van der Waals surface area contributed by atoms with Crippen LogP contribution in [0.4, 0.5) is 11.4 Å². The Kier molecular flexibility index (Phi) is 4.09. The molecule has 0 spiro atoms. The predicted octanol–water partition coefficient (Wildman–Crippen LogP) is 5.32. The maximum Gasteiger partial charge on any atom is 0.262 e. The van der Waals surface area contributed by atoms with E-state index in [2.05, 4.69) is 111 Å². The highest BCUT2D eigenvalue weighted by molar-refractivity contribution is 7.19. The molecule has 0 fully saturated rings. The minimum Gasteiger partial charge on any atom is -0.329 e. The number of anilines is 2. The summed E-state index contributed by atoms with van der Waals surface area (Å²) >= 11 is 3.09. The summed E-state index contributed by atoms with van der Waals surface area (Å²) in [7, 11) is 6.33. The van der Waals surface area contributed by atoms with Gasteiger partial charge in [0.15, 0.2) is 0 Å². The van der Waals surface area contributed by atoms with Crippen molar-refractivity contribution in [2.45, 2.75) is 0 Å². The Hall–Kier alpha value is -3.29. The largest absolute Gasteiger partial charge is 0.329 e. The van der Waals surface area contributed by atoms with Gasteiger partial charge in [0.2, 0.25) is 5.52 Å². The molecule has 0 radical (unpaired) electrons. The van der Waals surface area contributed by atoms with Crippen molar-refractivity contribution in [1.82, 2.24) is 8.75 Å². The molecule has 1 aliphatic heterocycles. The van der Waals surface area contributed by atoms with Gasteiger partial charge in [0.05, 0.1) is 23.1 Å². The number of fused-ring (bicyclic) bond motifs is 5. The molecule has 0 saturated carbocycles. The third-order valence-corrected chi connectivity index (χ3v) is 7.81. The van der Waals surface area contributed by atoms with Gasteiger partial charge in [-0.3, -0.25) is 0 Å². The summed E-state index contributed by atoms with van der Waals surface area (Å²) in [6, 6.07) is 17.2. The summed E-state index contributed by atoms with van der Waals surface area (Å²) in [5, 5.41) is 3.81. The number of hydrogen-bond donors (Lipinski definition) is 0. The lowest BCUT2D eigenvalue weighted by atomic mass is 10.1. The maximum absolute atomic E-state index is 4.39. The number of benzene rings is 3. The van der Waals surface area contributed by atoms with Crippen molar-refractivity contribution in [3.63, 3.8) is 0 Å². The van der Waals surface area contributed by atoms with Crippen molar-refractivity contribution in [2.24, 2.45) is 7.05 Å². The molecular weight excluding hydrogens is 422 g/mol. The lowest BCUT2D eigenvalue weighted by Gasteiger charge is -2.17. The molecule has 0 atom stereocenters. The Balaban J connectivity index is 1.37. The van der Waals surface area contributed by atoms with Crippen molar-refractivity contribution in [2.75, 3.05) is 23.9 Å². The summed E-state index contributed by atoms with van der Waals surface area (Å²) < 4.78 is 12.4. The molecule has 5 nitrogen and oxygen atoms in total.